The lowest BCUT2D eigenvalue weighted by Crippen LogP contribution is -2.39. The van der Waals surface area contributed by atoms with Gasteiger partial charge < -0.3 is 10.6 Å². The fraction of sp³-hybridized carbons (Fsp3) is 0.636. The molecule has 0 saturated carbocycles. The number of anilines is 1. The number of aryl methyl sites for hydroxylation is 1. The highest BCUT2D eigenvalue weighted by atomic mass is 15.3. The lowest BCUT2D eigenvalue weighted by Gasteiger charge is -2.32. The first-order valence-corrected chi connectivity index (χ1v) is 5.54. The largest absolute Gasteiger partial charge is 0.340 e. The number of rotatable bonds is 2. The third-order valence-electron chi connectivity index (χ3n) is 2.92. The molecule has 0 unspecified atom stereocenters. The second-order valence-electron chi connectivity index (χ2n) is 4.19. The van der Waals surface area contributed by atoms with Crippen LogP contribution in [0.15, 0.2) is 12.3 Å². The molecule has 1 atom stereocenters. The van der Waals surface area contributed by atoms with E-state index in [0.717, 1.165) is 31.3 Å². The van der Waals surface area contributed by atoms with Crippen LogP contribution in [-0.4, -0.2) is 29.6 Å². The van der Waals surface area contributed by atoms with Gasteiger partial charge in [-0.25, -0.2) is 9.97 Å². The molecule has 0 aromatic carbocycles. The SMILES string of the molecule is Cc1ccnc(N2CCC[C@H](CN)C2)n1. The highest BCUT2D eigenvalue weighted by Gasteiger charge is 2.20. The quantitative estimate of drug-likeness (QED) is 0.783. The Kier molecular flexibility index (Phi) is 3.16. The molecule has 4 nitrogen and oxygen atoms in total. The van der Waals surface area contributed by atoms with Gasteiger partial charge in [-0.1, -0.05) is 0 Å². The van der Waals surface area contributed by atoms with Crippen LogP contribution in [0.4, 0.5) is 5.95 Å². The molecule has 1 aromatic rings. The fourth-order valence-electron chi connectivity index (χ4n) is 2.03. The molecule has 0 radical (unpaired) electrons. The molecule has 0 aliphatic carbocycles. The maximum Gasteiger partial charge on any atom is 0.225 e. The third-order valence-corrected chi connectivity index (χ3v) is 2.92. The molecule has 15 heavy (non-hydrogen) atoms. The van der Waals surface area contributed by atoms with Gasteiger partial charge in [0.15, 0.2) is 0 Å². The Labute approximate surface area is 90.5 Å². The van der Waals surface area contributed by atoms with Crippen molar-refractivity contribution in [1.29, 1.82) is 0 Å². The minimum atomic E-state index is 0.600. The summed E-state index contributed by atoms with van der Waals surface area (Å²) in [5, 5.41) is 0. The molecule has 0 spiro atoms. The summed E-state index contributed by atoms with van der Waals surface area (Å²) in [5.41, 5.74) is 6.73. The van der Waals surface area contributed by atoms with Crippen LogP contribution in [0.1, 0.15) is 18.5 Å². The van der Waals surface area contributed by atoms with Crippen LogP contribution in [0.3, 0.4) is 0 Å². The standard InChI is InChI=1S/C11H18N4/c1-9-4-5-13-11(14-9)15-6-2-3-10(7-12)8-15/h4-5,10H,2-3,6-8,12H2,1H3/t10-/m1/s1. The van der Waals surface area contributed by atoms with E-state index in [9.17, 15) is 0 Å². The van der Waals surface area contributed by atoms with Crippen molar-refractivity contribution in [2.24, 2.45) is 11.7 Å². The zero-order valence-corrected chi connectivity index (χ0v) is 9.19. The van der Waals surface area contributed by atoms with E-state index >= 15 is 0 Å². The Balaban J connectivity index is 2.09. The van der Waals surface area contributed by atoms with Crippen LogP contribution in [0.5, 0.6) is 0 Å². The van der Waals surface area contributed by atoms with Gasteiger partial charge in [-0.15, -0.1) is 0 Å². The molecule has 1 saturated heterocycles. The van der Waals surface area contributed by atoms with Crippen molar-refractivity contribution >= 4 is 5.95 Å². The van der Waals surface area contributed by atoms with Crippen LogP contribution >= 0.6 is 0 Å². The second-order valence-corrected chi connectivity index (χ2v) is 4.19. The molecular formula is C11H18N4. The molecular weight excluding hydrogens is 188 g/mol. The number of piperidine rings is 1. The molecule has 1 fully saturated rings. The van der Waals surface area contributed by atoms with Crippen LogP contribution in [0.25, 0.3) is 0 Å². The van der Waals surface area contributed by atoms with Gasteiger partial charge in [0, 0.05) is 25.0 Å². The van der Waals surface area contributed by atoms with Crippen molar-refractivity contribution in [2.45, 2.75) is 19.8 Å². The summed E-state index contributed by atoms with van der Waals surface area (Å²) >= 11 is 0. The lowest BCUT2D eigenvalue weighted by molar-refractivity contribution is 0.419. The summed E-state index contributed by atoms with van der Waals surface area (Å²) < 4.78 is 0. The van der Waals surface area contributed by atoms with Gasteiger partial charge in [0.05, 0.1) is 0 Å². The summed E-state index contributed by atoms with van der Waals surface area (Å²) in [4.78, 5) is 11.0. The monoisotopic (exact) mass is 206 g/mol. The van der Waals surface area contributed by atoms with Gasteiger partial charge in [0.2, 0.25) is 5.95 Å². The number of aromatic nitrogens is 2. The maximum atomic E-state index is 5.71. The minimum Gasteiger partial charge on any atom is -0.340 e. The van der Waals surface area contributed by atoms with E-state index in [2.05, 4.69) is 14.9 Å². The Morgan fingerprint density at radius 2 is 2.47 bits per heavy atom. The smallest absolute Gasteiger partial charge is 0.225 e. The Bertz CT molecular complexity index is 326. The zero-order valence-electron chi connectivity index (χ0n) is 9.19. The van der Waals surface area contributed by atoms with E-state index in [1.54, 1.807) is 0 Å². The maximum absolute atomic E-state index is 5.71. The molecule has 1 aliphatic heterocycles. The summed E-state index contributed by atoms with van der Waals surface area (Å²) in [7, 11) is 0. The van der Waals surface area contributed by atoms with E-state index in [1.165, 1.54) is 12.8 Å². The average Bonchev–Trinajstić information content (AvgIpc) is 2.29. The predicted octanol–water partition coefficient (Wildman–Crippen LogP) is 0.960. The summed E-state index contributed by atoms with van der Waals surface area (Å²) in [6, 6.07) is 1.92. The van der Waals surface area contributed by atoms with Gasteiger partial charge in [-0.2, -0.15) is 0 Å². The first-order chi connectivity index (χ1) is 7.29. The Morgan fingerprint density at radius 1 is 1.60 bits per heavy atom. The van der Waals surface area contributed by atoms with Gasteiger partial charge in [-0.3, -0.25) is 0 Å². The number of hydrogen-bond donors (Lipinski definition) is 1. The van der Waals surface area contributed by atoms with E-state index in [0.29, 0.717) is 5.92 Å². The summed E-state index contributed by atoms with van der Waals surface area (Å²) in [6.45, 7) is 4.82. The van der Waals surface area contributed by atoms with E-state index in [1.807, 2.05) is 19.2 Å². The number of nitrogens with two attached hydrogens (primary N) is 1. The van der Waals surface area contributed by atoms with Crippen molar-refractivity contribution in [2.75, 3.05) is 24.5 Å². The molecule has 4 heteroatoms. The normalized spacial score (nSPS) is 21.7. The molecule has 0 amide bonds. The highest BCUT2D eigenvalue weighted by Crippen LogP contribution is 2.19. The van der Waals surface area contributed by atoms with Crippen LogP contribution in [-0.2, 0) is 0 Å². The van der Waals surface area contributed by atoms with E-state index < -0.39 is 0 Å². The predicted molar refractivity (Wildman–Crippen MR) is 60.8 cm³/mol. The van der Waals surface area contributed by atoms with Crippen molar-refractivity contribution in [1.82, 2.24) is 9.97 Å². The van der Waals surface area contributed by atoms with Crippen LogP contribution in [0, 0.1) is 12.8 Å². The van der Waals surface area contributed by atoms with Crippen molar-refractivity contribution in [3.63, 3.8) is 0 Å². The molecule has 82 valence electrons. The van der Waals surface area contributed by atoms with Crippen molar-refractivity contribution in [3.8, 4) is 0 Å². The molecule has 2 N–H and O–H groups in total. The lowest BCUT2D eigenvalue weighted by atomic mass is 9.99. The molecule has 1 aromatic heterocycles. The van der Waals surface area contributed by atoms with Gasteiger partial charge in [0.25, 0.3) is 0 Å². The summed E-state index contributed by atoms with van der Waals surface area (Å²) in [6.07, 6.45) is 4.25. The first-order valence-electron chi connectivity index (χ1n) is 5.54. The molecule has 1 aliphatic rings. The van der Waals surface area contributed by atoms with Gasteiger partial charge in [0.1, 0.15) is 0 Å². The zero-order chi connectivity index (χ0) is 10.7. The molecule has 2 rings (SSSR count). The van der Waals surface area contributed by atoms with E-state index in [4.69, 9.17) is 5.73 Å². The molecule has 0 bridgehead atoms. The summed E-state index contributed by atoms with van der Waals surface area (Å²) in [5.74, 6) is 1.45. The average molecular weight is 206 g/mol. The number of hydrogen-bond acceptors (Lipinski definition) is 4. The van der Waals surface area contributed by atoms with Crippen LogP contribution < -0.4 is 10.6 Å². The first kappa shape index (κ1) is 10.4. The number of nitrogens with zero attached hydrogens (tertiary/aromatic N) is 3. The van der Waals surface area contributed by atoms with Crippen molar-refractivity contribution in [3.05, 3.63) is 18.0 Å². The van der Waals surface area contributed by atoms with Crippen LogP contribution in [0.2, 0.25) is 0 Å². The highest BCUT2D eigenvalue weighted by molar-refractivity contribution is 5.30. The molecule has 2 heterocycles. The minimum absolute atomic E-state index is 0.600. The topological polar surface area (TPSA) is 55.0 Å². The fourth-order valence-corrected chi connectivity index (χ4v) is 2.03. The van der Waals surface area contributed by atoms with Gasteiger partial charge >= 0.3 is 0 Å². The Morgan fingerprint density at radius 3 is 3.20 bits per heavy atom. The van der Waals surface area contributed by atoms with E-state index in [-0.39, 0.29) is 0 Å². The third kappa shape index (κ3) is 2.45. The second kappa shape index (κ2) is 4.57. The van der Waals surface area contributed by atoms with Crippen molar-refractivity contribution < 1.29 is 0 Å². The Hall–Kier alpha value is -1.16. The van der Waals surface area contributed by atoms with Gasteiger partial charge in [-0.05, 0) is 38.3 Å².